The van der Waals surface area contributed by atoms with Crippen LogP contribution in [0.3, 0.4) is 0 Å². The fourth-order valence-electron chi connectivity index (χ4n) is 1.73. The Kier molecular flexibility index (Phi) is 4.36. The van der Waals surface area contributed by atoms with Gasteiger partial charge in [-0.2, -0.15) is 5.26 Å². The molecule has 0 bridgehead atoms. The standard InChI is InChI=1S/C14H12ClN3O2S/c1-17-12-4-6-13(7-5-12)18-21(19,20)14-8-11(15)3-2-10(14)9-16/h2-8,17-18H,1H3. The first kappa shape index (κ1) is 15.2. The van der Waals surface area contributed by atoms with Crippen molar-refractivity contribution < 1.29 is 8.42 Å². The van der Waals surface area contributed by atoms with E-state index in [9.17, 15) is 8.42 Å². The Morgan fingerprint density at radius 1 is 1.10 bits per heavy atom. The van der Waals surface area contributed by atoms with Gasteiger partial charge in [-0.1, -0.05) is 11.6 Å². The number of hydrogen-bond donors (Lipinski definition) is 2. The van der Waals surface area contributed by atoms with Gasteiger partial charge in [-0.25, -0.2) is 8.42 Å². The molecule has 0 aliphatic rings. The van der Waals surface area contributed by atoms with Crippen molar-refractivity contribution >= 4 is 33.0 Å². The van der Waals surface area contributed by atoms with Gasteiger partial charge in [0, 0.05) is 23.4 Å². The number of nitrogens with zero attached hydrogens (tertiary/aromatic N) is 1. The largest absolute Gasteiger partial charge is 0.388 e. The van der Waals surface area contributed by atoms with Crippen LogP contribution in [-0.4, -0.2) is 15.5 Å². The van der Waals surface area contributed by atoms with Crippen LogP contribution >= 0.6 is 11.6 Å². The first-order chi connectivity index (χ1) is 9.96. The van der Waals surface area contributed by atoms with E-state index in [1.54, 1.807) is 31.3 Å². The number of sulfonamides is 1. The van der Waals surface area contributed by atoms with Crippen molar-refractivity contribution in [2.75, 3.05) is 17.1 Å². The third kappa shape index (κ3) is 3.45. The molecule has 0 fully saturated rings. The van der Waals surface area contributed by atoms with Crippen molar-refractivity contribution in [2.24, 2.45) is 0 Å². The molecule has 0 radical (unpaired) electrons. The highest BCUT2D eigenvalue weighted by Crippen LogP contribution is 2.23. The van der Waals surface area contributed by atoms with Crippen LogP contribution in [0.2, 0.25) is 5.02 Å². The quantitative estimate of drug-likeness (QED) is 0.906. The Hall–Kier alpha value is -2.23. The lowest BCUT2D eigenvalue weighted by Gasteiger charge is -2.10. The normalized spacial score (nSPS) is 10.7. The highest BCUT2D eigenvalue weighted by molar-refractivity contribution is 7.92. The third-order valence-corrected chi connectivity index (χ3v) is 4.44. The van der Waals surface area contributed by atoms with E-state index in [-0.39, 0.29) is 15.5 Å². The molecular weight excluding hydrogens is 310 g/mol. The molecule has 2 N–H and O–H groups in total. The van der Waals surface area contributed by atoms with Crippen LogP contribution in [0.15, 0.2) is 47.4 Å². The van der Waals surface area contributed by atoms with Crippen LogP contribution in [0.1, 0.15) is 5.56 Å². The van der Waals surface area contributed by atoms with E-state index in [1.165, 1.54) is 18.2 Å². The number of rotatable bonds is 4. The van der Waals surface area contributed by atoms with E-state index in [2.05, 4.69) is 10.0 Å². The van der Waals surface area contributed by atoms with Crippen LogP contribution in [0, 0.1) is 11.3 Å². The predicted molar refractivity (Wildman–Crippen MR) is 83.0 cm³/mol. The summed E-state index contributed by atoms with van der Waals surface area (Å²) in [4.78, 5) is -0.143. The molecule has 0 aromatic heterocycles. The van der Waals surface area contributed by atoms with Gasteiger partial charge in [0.15, 0.2) is 0 Å². The molecule has 0 saturated heterocycles. The maximum atomic E-state index is 12.4. The van der Waals surface area contributed by atoms with Gasteiger partial charge in [-0.05, 0) is 42.5 Å². The molecule has 0 amide bonds. The Morgan fingerprint density at radius 3 is 2.29 bits per heavy atom. The summed E-state index contributed by atoms with van der Waals surface area (Å²) in [6.45, 7) is 0. The molecule has 2 aromatic carbocycles. The van der Waals surface area contributed by atoms with Gasteiger partial charge in [0.05, 0.1) is 5.56 Å². The monoisotopic (exact) mass is 321 g/mol. The molecular formula is C14H12ClN3O2S. The van der Waals surface area contributed by atoms with Gasteiger partial charge in [0.2, 0.25) is 0 Å². The van der Waals surface area contributed by atoms with E-state index in [1.807, 2.05) is 6.07 Å². The minimum absolute atomic E-state index is 0.0405. The molecule has 0 unspecified atom stereocenters. The fraction of sp³-hybridized carbons (Fsp3) is 0.0714. The average molecular weight is 322 g/mol. The molecule has 0 aliphatic heterocycles. The molecule has 5 nitrogen and oxygen atoms in total. The maximum Gasteiger partial charge on any atom is 0.263 e. The third-order valence-electron chi connectivity index (χ3n) is 2.78. The predicted octanol–water partition coefficient (Wildman–Crippen LogP) is 3.05. The number of hydrogen-bond acceptors (Lipinski definition) is 4. The topological polar surface area (TPSA) is 82.0 Å². The van der Waals surface area contributed by atoms with Gasteiger partial charge < -0.3 is 5.32 Å². The molecule has 2 aromatic rings. The van der Waals surface area contributed by atoms with Crippen molar-refractivity contribution in [1.29, 1.82) is 5.26 Å². The van der Waals surface area contributed by atoms with Gasteiger partial charge >= 0.3 is 0 Å². The van der Waals surface area contributed by atoms with Gasteiger partial charge in [0.1, 0.15) is 11.0 Å². The summed E-state index contributed by atoms with van der Waals surface area (Å²) in [5.74, 6) is 0. The van der Waals surface area contributed by atoms with Crippen LogP contribution in [0.4, 0.5) is 11.4 Å². The summed E-state index contributed by atoms with van der Waals surface area (Å²) < 4.78 is 27.1. The van der Waals surface area contributed by atoms with Crippen molar-refractivity contribution in [1.82, 2.24) is 0 Å². The minimum Gasteiger partial charge on any atom is -0.388 e. The molecule has 108 valence electrons. The number of anilines is 2. The maximum absolute atomic E-state index is 12.4. The fourth-order valence-corrected chi connectivity index (χ4v) is 3.20. The number of nitriles is 1. The van der Waals surface area contributed by atoms with Crippen molar-refractivity contribution in [3.63, 3.8) is 0 Å². The van der Waals surface area contributed by atoms with E-state index >= 15 is 0 Å². The average Bonchev–Trinajstić information content (AvgIpc) is 2.47. The second kappa shape index (κ2) is 6.04. The van der Waals surface area contributed by atoms with Crippen molar-refractivity contribution in [2.45, 2.75) is 4.90 Å². The zero-order valence-corrected chi connectivity index (χ0v) is 12.7. The second-order valence-electron chi connectivity index (χ2n) is 4.19. The summed E-state index contributed by atoms with van der Waals surface area (Å²) in [7, 11) is -2.11. The van der Waals surface area contributed by atoms with Crippen molar-refractivity contribution in [3.05, 3.63) is 53.1 Å². The molecule has 0 atom stereocenters. The lowest BCUT2D eigenvalue weighted by atomic mass is 10.2. The Balaban J connectivity index is 2.38. The molecule has 0 aliphatic carbocycles. The molecule has 0 spiro atoms. The smallest absolute Gasteiger partial charge is 0.263 e. The molecule has 2 rings (SSSR count). The van der Waals surface area contributed by atoms with Crippen LogP contribution < -0.4 is 10.0 Å². The highest BCUT2D eigenvalue weighted by Gasteiger charge is 2.19. The van der Waals surface area contributed by atoms with Gasteiger partial charge in [0.25, 0.3) is 10.0 Å². The molecule has 21 heavy (non-hydrogen) atoms. The minimum atomic E-state index is -3.88. The summed E-state index contributed by atoms with van der Waals surface area (Å²) in [6.07, 6.45) is 0. The summed E-state index contributed by atoms with van der Waals surface area (Å²) >= 11 is 5.81. The van der Waals surface area contributed by atoms with Gasteiger partial charge in [-0.15, -0.1) is 0 Å². The zero-order valence-electron chi connectivity index (χ0n) is 11.1. The van der Waals surface area contributed by atoms with Crippen LogP contribution in [0.5, 0.6) is 0 Å². The molecule has 0 heterocycles. The van der Waals surface area contributed by atoms with E-state index in [0.29, 0.717) is 5.69 Å². The lowest BCUT2D eigenvalue weighted by Crippen LogP contribution is -2.14. The second-order valence-corrected chi connectivity index (χ2v) is 6.27. The zero-order chi connectivity index (χ0) is 15.5. The van der Waals surface area contributed by atoms with Crippen LogP contribution in [-0.2, 0) is 10.0 Å². The van der Waals surface area contributed by atoms with Crippen molar-refractivity contribution in [3.8, 4) is 6.07 Å². The number of halogens is 1. The first-order valence-corrected chi connectivity index (χ1v) is 7.82. The highest BCUT2D eigenvalue weighted by atomic mass is 35.5. The molecule has 7 heteroatoms. The lowest BCUT2D eigenvalue weighted by molar-refractivity contribution is 0.601. The van der Waals surface area contributed by atoms with E-state index < -0.39 is 10.0 Å². The number of benzene rings is 2. The number of nitrogens with one attached hydrogen (secondary N) is 2. The van der Waals surface area contributed by atoms with Gasteiger partial charge in [-0.3, -0.25) is 4.72 Å². The van der Waals surface area contributed by atoms with Crippen LogP contribution in [0.25, 0.3) is 0 Å². The Bertz CT molecular complexity index is 796. The molecule has 0 saturated carbocycles. The summed E-state index contributed by atoms with van der Waals surface area (Å²) in [5.41, 5.74) is 1.30. The SMILES string of the molecule is CNc1ccc(NS(=O)(=O)c2cc(Cl)ccc2C#N)cc1. The van der Waals surface area contributed by atoms with E-state index in [4.69, 9.17) is 16.9 Å². The van der Waals surface area contributed by atoms with E-state index in [0.717, 1.165) is 5.69 Å². The Labute approximate surface area is 128 Å². The Morgan fingerprint density at radius 2 is 1.71 bits per heavy atom. The first-order valence-electron chi connectivity index (χ1n) is 5.96. The summed E-state index contributed by atoms with van der Waals surface area (Å²) in [6, 6.07) is 12.7. The summed E-state index contributed by atoms with van der Waals surface area (Å²) in [5, 5.41) is 12.2.